The molecule has 1 N–H and O–H groups in total. The van der Waals surface area contributed by atoms with Crippen LogP contribution in [-0.2, 0) is 4.79 Å². The summed E-state index contributed by atoms with van der Waals surface area (Å²) in [5.41, 5.74) is 1.02. The van der Waals surface area contributed by atoms with Gasteiger partial charge in [0.25, 0.3) is 0 Å². The number of nitrogens with zero attached hydrogens (tertiary/aromatic N) is 5. The average Bonchev–Trinajstić information content (AvgIpc) is 3.07. The maximum absolute atomic E-state index is 12.5. The lowest BCUT2D eigenvalue weighted by Crippen LogP contribution is -2.49. The molecule has 27 heavy (non-hydrogen) atoms. The van der Waals surface area contributed by atoms with Gasteiger partial charge in [-0.25, -0.2) is 9.97 Å². The highest BCUT2D eigenvalue weighted by Gasteiger charge is 2.22. The number of hydrogen-bond acceptors (Lipinski definition) is 7. The number of hydrogen-bond donors (Lipinski definition) is 1. The van der Waals surface area contributed by atoms with Crippen LogP contribution in [0.3, 0.4) is 0 Å². The number of fused-ring (bicyclic) bond motifs is 1. The molecule has 0 atom stereocenters. The van der Waals surface area contributed by atoms with E-state index in [1.807, 2.05) is 24.3 Å². The third-order valence-electron chi connectivity index (χ3n) is 4.54. The summed E-state index contributed by atoms with van der Waals surface area (Å²) in [5, 5.41) is 12.8. The molecule has 136 valence electrons. The fourth-order valence-corrected chi connectivity index (χ4v) is 3.19. The summed E-state index contributed by atoms with van der Waals surface area (Å²) in [4.78, 5) is 25.2. The number of carbonyl (C=O) groups is 1. The quantitative estimate of drug-likeness (QED) is 0.756. The van der Waals surface area contributed by atoms with Gasteiger partial charge in [0.05, 0.1) is 6.54 Å². The van der Waals surface area contributed by atoms with Crippen molar-refractivity contribution in [3.63, 3.8) is 0 Å². The van der Waals surface area contributed by atoms with Crippen molar-refractivity contribution in [3.8, 4) is 6.07 Å². The number of anilines is 2. The Hall–Kier alpha value is -3.44. The zero-order valence-corrected chi connectivity index (χ0v) is 14.6. The number of aromatic nitrogens is 2. The van der Waals surface area contributed by atoms with Crippen molar-refractivity contribution < 1.29 is 9.21 Å². The average molecular weight is 362 g/mol. The minimum Gasteiger partial charge on any atom is -0.443 e. The molecule has 3 heterocycles. The SMILES string of the molecule is N#Cc1oc2ccccc2c1NC(=O)CN1CCN(c2ncccn2)CC1. The van der Waals surface area contributed by atoms with Gasteiger partial charge >= 0.3 is 0 Å². The molecule has 1 saturated heterocycles. The second kappa shape index (κ2) is 7.43. The fraction of sp³-hybridized carbons (Fsp3) is 0.263. The summed E-state index contributed by atoms with van der Waals surface area (Å²) in [6.45, 7) is 3.25. The Labute approximate surface area is 156 Å². The lowest BCUT2D eigenvalue weighted by molar-refractivity contribution is -0.117. The van der Waals surface area contributed by atoms with Crippen LogP contribution in [0.4, 0.5) is 11.6 Å². The molecule has 1 aliphatic rings. The first-order chi connectivity index (χ1) is 13.2. The topological polar surface area (TPSA) is 98.3 Å². The van der Waals surface area contributed by atoms with Gasteiger partial charge < -0.3 is 14.6 Å². The van der Waals surface area contributed by atoms with Crippen LogP contribution in [0.5, 0.6) is 0 Å². The number of nitriles is 1. The maximum atomic E-state index is 12.5. The minimum atomic E-state index is -0.164. The molecule has 0 radical (unpaired) electrons. The van der Waals surface area contributed by atoms with Crippen LogP contribution in [0.2, 0.25) is 0 Å². The third-order valence-corrected chi connectivity index (χ3v) is 4.54. The van der Waals surface area contributed by atoms with Gasteiger partial charge in [0.2, 0.25) is 17.6 Å². The number of piperazine rings is 1. The van der Waals surface area contributed by atoms with Crippen molar-refractivity contribution in [2.24, 2.45) is 0 Å². The van der Waals surface area contributed by atoms with Crippen LogP contribution < -0.4 is 10.2 Å². The number of amides is 1. The molecule has 0 aliphatic carbocycles. The molecule has 0 unspecified atom stereocenters. The zero-order valence-electron chi connectivity index (χ0n) is 14.6. The predicted molar refractivity (Wildman–Crippen MR) is 100 cm³/mol. The number of nitrogens with one attached hydrogen (secondary N) is 1. The summed E-state index contributed by atoms with van der Waals surface area (Å²) in [7, 11) is 0. The van der Waals surface area contributed by atoms with Gasteiger partial charge in [-0.3, -0.25) is 9.69 Å². The second-order valence-corrected chi connectivity index (χ2v) is 6.27. The molecule has 8 heteroatoms. The molecule has 1 fully saturated rings. The van der Waals surface area contributed by atoms with Gasteiger partial charge in [-0.15, -0.1) is 0 Å². The molecular weight excluding hydrogens is 344 g/mol. The van der Waals surface area contributed by atoms with Crippen LogP contribution in [0.15, 0.2) is 47.1 Å². The Kier molecular flexibility index (Phi) is 4.68. The van der Waals surface area contributed by atoms with Gasteiger partial charge in [-0.05, 0) is 18.2 Å². The zero-order chi connectivity index (χ0) is 18.6. The number of carbonyl (C=O) groups excluding carboxylic acids is 1. The summed E-state index contributed by atoms with van der Waals surface area (Å²) in [6, 6.07) is 11.1. The van der Waals surface area contributed by atoms with E-state index in [1.165, 1.54) is 0 Å². The molecule has 8 nitrogen and oxygen atoms in total. The molecule has 1 aliphatic heterocycles. The van der Waals surface area contributed by atoms with Crippen LogP contribution in [0.1, 0.15) is 5.76 Å². The lowest BCUT2D eigenvalue weighted by Gasteiger charge is -2.34. The summed E-state index contributed by atoms with van der Waals surface area (Å²) in [6.07, 6.45) is 3.45. The van der Waals surface area contributed by atoms with Crippen molar-refractivity contribution in [3.05, 3.63) is 48.5 Å². The maximum Gasteiger partial charge on any atom is 0.238 e. The molecule has 4 rings (SSSR count). The largest absolute Gasteiger partial charge is 0.443 e. The minimum absolute atomic E-state index is 0.121. The Bertz CT molecular complexity index is 986. The van der Waals surface area contributed by atoms with Gasteiger partial charge in [0.15, 0.2) is 0 Å². The molecule has 0 spiro atoms. The monoisotopic (exact) mass is 362 g/mol. The highest BCUT2D eigenvalue weighted by Crippen LogP contribution is 2.30. The van der Waals surface area contributed by atoms with Crippen molar-refractivity contribution in [1.29, 1.82) is 5.26 Å². The highest BCUT2D eigenvalue weighted by atomic mass is 16.3. The van der Waals surface area contributed by atoms with E-state index in [0.717, 1.165) is 31.6 Å². The summed E-state index contributed by atoms with van der Waals surface area (Å²) < 4.78 is 5.49. The summed E-state index contributed by atoms with van der Waals surface area (Å²) >= 11 is 0. The molecule has 1 aromatic carbocycles. The third kappa shape index (κ3) is 3.59. The van der Waals surface area contributed by atoms with E-state index in [1.54, 1.807) is 24.5 Å². The van der Waals surface area contributed by atoms with Crippen LogP contribution in [-0.4, -0.2) is 53.5 Å². The molecule has 3 aromatic rings. The van der Waals surface area contributed by atoms with Crippen LogP contribution >= 0.6 is 0 Å². The van der Waals surface area contributed by atoms with E-state index in [0.29, 0.717) is 17.2 Å². The second-order valence-electron chi connectivity index (χ2n) is 6.27. The van der Waals surface area contributed by atoms with E-state index >= 15 is 0 Å². The van der Waals surface area contributed by atoms with Crippen molar-refractivity contribution in [2.75, 3.05) is 42.9 Å². The smallest absolute Gasteiger partial charge is 0.238 e. The number of furan rings is 1. The van der Waals surface area contributed by atoms with E-state index < -0.39 is 0 Å². The first-order valence-corrected chi connectivity index (χ1v) is 8.70. The summed E-state index contributed by atoms with van der Waals surface area (Å²) in [5.74, 6) is 0.670. The van der Waals surface area contributed by atoms with Crippen molar-refractivity contribution in [2.45, 2.75) is 0 Å². The van der Waals surface area contributed by atoms with E-state index in [2.05, 4.69) is 25.1 Å². The number of rotatable bonds is 4. The standard InChI is InChI=1S/C19H18N6O2/c20-12-16-18(14-4-1-2-5-15(14)27-16)23-17(26)13-24-8-10-25(11-9-24)19-21-6-3-7-22-19/h1-7H,8-11,13H2,(H,23,26). The van der Waals surface area contributed by atoms with E-state index in [9.17, 15) is 10.1 Å². The Morgan fingerprint density at radius 2 is 1.89 bits per heavy atom. The lowest BCUT2D eigenvalue weighted by atomic mass is 10.2. The van der Waals surface area contributed by atoms with Gasteiger partial charge in [-0.1, -0.05) is 12.1 Å². The number of para-hydroxylation sites is 1. The van der Waals surface area contributed by atoms with Gasteiger partial charge in [0.1, 0.15) is 17.3 Å². The molecular formula is C19H18N6O2. The van der Waals surface area contributed by atoms with Gasteiger partial charge in [0, 0.05) is 44.0 Å². The van der Waals surface area contributed by atoms with E-state index in [4.69, 9.17) is 4.42 Å². The molecule has 2 aromatic heterocycles. The van der Waals surface area contributed by atoms with Crippen molar-refractivity contribution >= 4 is 28.5 Å². The van der Waals surface area contributed by atoms with Crippen LogP contribution in [0.25, 0.3) is 11.0 Å². The van der Waals surface area contributed by atoms with Gasteiger partial charge in [-0.2, -0.15) is 5.26 Å². The molecule has 0 saturated carbocycles. The molecule has 0 bridgehead atoms. The highest BCUT2D eigenvalue weighted by molar-refractivity contribution is 6.03. The predicted octanol–water partition coefficient (Wildman–Crippen LogP) is 1.86. The molecule has 1 amide bonds. The number of benzene rings is 1. The van der Waals surface area contributed by atoms with Crippen LogP contribution in [0, 0.1) is 11.3 Å². The first kappa shape index (κ1) is 17.0. The Morgan fingerprint density at radius 3 is 2.63 bits per heavy atom. The normalized spacial score (nSPS) is 14.9. The van der Waals surface area contributed by atoms with Crippen molar-refractivity contribution in [1.82, 2.24) is 14.9 Å². The Morgan fingerprint density at radius 1 is 1.15 bits per heavy atom. The van der Waals surface area contributed by atoms with E-state index in [-0.39, 0.29) is 18.2 Å². The fourth-order valence-electron chi connectivity index (χ4n) is 3.19. The first-order valence-electron chi connectivity index (χ1n) is 8.70. The Balaban J connectivity index is 1.38.